The van der Waals surface area contributed by atoms with Crippen LogP contribution in [0.15, 0.2) is 10.5 Å². The number of ether oxygens (including phenoxy) is 4. The summed E-state index contributed by atoms with van der Waals surface area (Å²) in [4.78, 5) is 87.0. The van der Waals surface area contributed by atoms with Crippen molar-refractivity contribution in [2.24, 2.45) is 5.16 Å². The van der Waals surface area contributed by atoms with Crippen LogP contribution in [-0.2, 0) is 38.2 Å². The molecule has 1 unspecified atom stereocenters. The van der Waals surface area contributed by atoms with Crippen molar-refractivity contribution in [3.63, 3.8) is 0 Å². The Kier molecular flexibility index (Phi) is 12.0. The molecule has 4 N–H and O–H groups in total. The maximum Gasteiger partial charge on any atom is 0.413 e. The lowest BCUT2D eigenvalue weighted by molar-refractivity contribution is -0.179. The maximum absolute atomic E-state index is 13.7. The second kappa shape index (κ2) is 15.1. The summed E-state index contributed by atoms with van der Waals surface area (Å²) in [6.07, 6.45) is -2.78. The smallest absolute Gasteiger partial charge is 0.413 e. The zero-order chi connectivity index (χ0) is 37.8. The summed E-state index contributed by atoms with van der Waals surface area (Å²) >= 11 is 0.964. The van der Waals surface area contributed by atoms with Crippen LogP contribution in [-0.4, -0.2) is 112 Å². The minimum absolute atomic E-state index is 0.00618. The normalized spacial score (nSPS) is 19.8. The van der Waals surface area contributed by atoms with E-state index >= 15 is 0 Å². The van der Waals surface area contributed by atoms with Gasteiger partial charge >= 0.3 is 24.2 Å². The van der Waals surface area contributed by atoms with Crippen LogP contribution < -0.4 is 21.3 Å². The molecule has 19 heteroatoms. The highest BCUT2D eigenvalue weighted by atomic mass is 32.1. The minimum Gasteiger partial charge on any atom is -0.457 e. The predicted octanol–water partition coefficient (Wildman–Crippen LogP) is 2.66. The average Bonchev–Trinajstić information content (AvgIpc) is 3.53. The number of nitrogens with zero attached hydrogens (tertiary/aromatic N) is 3. The highest BCUT2D eigenvalue weighted by Crippen LogP contribution is 2.22. The molecule has 0 spiro atoms. The Labute approximate surface area is 294 Å². The second-order valence-corrected chi connectivity index (χ2v) is 15.9. The molecular formula is C31H47N7O11S. The van der Waals surface area contributed by atoms with Gasteiger partial charge in [0.25, 0.3) is 5.91 Å². The van der Waals surface area contributed by atoms with Crippen LogP contribution in [0.4, 0.5) is 19.5 Å². The Morgan fingerprint density at radius 3 is 2.14 bits per heavy atom. The molecule has 0 aromatic carbocycles. The number of oxime groups is 1. The number of carbonyl (C=O) groups excluding carboxylic acids is 6. The van der Waals surface area contributed by atoms with Crippen molar-refractivity contribution < 1.29 is 52.6 Å². The van der Waals surface area contributed by atoms with Crippen LogP contribution in [0.5, 0.6) is 0 Å². The van der Waals surface area contributed by atoms with Crippen molar-refractivity contribution in [1.29, 1.82) is 0 Å². The lowest BCUT2D eigenvalue weighted by Crippen LogP contribution is -2.72. The van der Waals surface area contributed by atoms with Gasteiger partial charge < -0.3 is 44.6 Å². The Morgan fingerprint density at radius 1 is 0.960 bits per heavy atom. The van der Waals surface area contributed by atoms with Crippen molar-refractivity contribution in [2.45, 2.75) is 117 Å². The summed E-state index contributed by atoms with van der Waals surface area (Å²) < 4.78 is 21.2. The third-order valence-corrected chi connectivity index (χ3v) is 7.12. The Bertz CT molecular complexity index is 1500. The fourth-order valence-electron chi connectivity index (χ4n) is 4.18. The van der Waals surface area contributed by atoms with Crippen LogP contribution in [0, 0.1) is 0 Å². The van der Waals surface area contributed by atoms with Crippen molar-refractivity contribution in [3.8, 4) is 0 Å². The van der Waals surface area contributed by atoms with Crippen LogP contribution in [0.1, 0.15) is 81.9 Å². The number of aromatic nitrogens is 1. The van der Waals surface area contributed by atoms with Crippen molar-refractivity contribution >= 4 is 58.2 Å². The van der Waals surface area contributed by atoms with Gasteiger partial charge in [0.2, 0.25) is 11.5 Å². The Hall–Kier alpha value is -4.68. The van der Waals surface area contributed by atoms with Gasteiger partial charge in [0.15, 0.2) is 10.8 Å². The number of alkyl carbamates (subject to hydrolysis) is 1. The number of thiazole rings is 1. The molecule has 1 aromatic heterocycles. The fourth-order valence-corrected chi connectivity index (χ4v) is 4.86. The highest BCUT2D eigenvalue weighted by Gasteiger charge is 2.45. The van der Waals surface area contributed by atoms with E-state index in [4.69, 9.17) is 23.8 Å². The van der Waals surface area contributed by atoms with Crippen molar-refractivity contribution in [3.05, 3.63) is 11.1 Å². The standard InChI is InChI=1S/C31H47N7O11S/c1-28(2,3)46-23(41)31(10,11)49-37-20(18-15-50-24(34-18)36-26(43)48-30(7,8)9)22(40)35-19-17(33-21(19)39)14-38-13-16(45-27(38)44)12-32-25(42)47-29(4,5)6/h15-17,19H,12-14H2,1-11H3,(H,32,42)(H,33,39)(H,35,40)(H,34,36,43)/b37-20-/t16?,17-,19+/m1/s1. The highest BCUT2D eigenvalue weighted by molar-refractivity contribution is 7.14. The van der Waals surface area contributed by atoms with E-state index in [0.717, 1.165) is 11.3 Å². The molecule has 3 rings (SSSR count). The SMILES string of the molecule is CC(C)(C)OC(=O)NCC1CN(C[C@H]2NC(=O)[C@H]2NC(=O)/C(=N\OC(C)(C)C(=O)OC(C)(C)C)c2csc(NC(=O)OC(C)(C)C)n2)C(=O)O1. The Balaban J connectivity index is 1.74. The second-order valence-electron chi connectivity index (χ2n) is 15.1. The molecule has 50 heavy (non-hydrogen) atoms. The van der Waals surface area contributed by atoms with Gasteiger partial charge in [0.05, 0.1) is 19.1 Å². The molecule has 3 heterocycles. The van der Waals surface area contributed by atoms with Crippen LogP contribution in [0.25, 0.3) is 0 Å². The third-order valence-electron chi connectivity index (χ3n) is 6.36. The molecule has 3 atom stereocenters. The summed E-state index contributed by atoms with van der Waals surface area (Å²) in [5.74, 6) is -2.18. The molecular weight excluding hydrogens is 678 g/mol. The summed E-state index contributed by atoms with van der Waals surface area (Å²) in [6.45, 7) is 18.2. The monoisotopic (exact) mass is 725 g/mol. The van der Waals surface area contributed by atoms with E-state index < -0.39 is 82.4 Å². The van der Waals surface area contributed by atoms with Crippen LogP contribution in [0.2, 0.25) is 0 Å². The zero-order valence-electron chi connectivity index (χ0n) is 30.2. The molecule has 278 valence electrons. The van der Waals surface area contributed by atoms with E-state index in [9.17, 15) is 28.8 Å². The number of cyclic esters (lactones) is 1. The van der Waals surface area contributed by atoms with E-state index in [-0.39, 0.29) is 30.5 Å². The molecule has 2 saturated heterocycles. The van der Waals surface area contributed by atoms with Gasteiger partial charge in [0.1, 0.15) is 34.6 Å². The van der Waals surface area contributed by atoms with E-state index in [1.807, 2.05) is 0 Å². The number of carbonyl (C=O) groups is 6. The lowest BCUT2D eigenvalue weighted by atomic mass is 9.98. The molecule has 2 aliphatic heterocycles. The fraction of sp³-hybridized carbons (Fsp3) is 0.677. The van der Waals surface area contributed by atoms with Gasteiger partial charge in [-0.2, -0.15) is 0 Å². The number of hydrogen-bond donors (Lipinski definition) is 4. The molecule has 2 fully saturated rings. The average molecular weight is 726 g/mol. The Morgan fingerprint density at radius 2 is 1.56 bits per heavy atom. The van der Waals surface area contributed by atoms with E-state index in [1.54, 1.807) is 62.3 Å². The molecule has 2 aliphatic rings. The molecule has 0 saturated carbocycles. The predicted molar refractivity (Wildman–Crippen MR) is 179 cm³/mol. The first-order chi connectivity index (χ1) is 22.8. The number of anilines is 1. The first-order valence-electron chi connectivity index (χ1n) is 15.8. The van der Waals surface area contributed by atoms with E-state index in [1.165, 1.54) is 24.1 Å². The van der Waals surface area contributed by atoms with Crippen molar-refractivity contribution in [2.75, 3.05) is 25.0 Å². The first-order valence-corrected chi connectivity index (χ1v) is 16.7. The van der Waals surface area contributed by atoms with E-state index in [2.05, 4.69) is 31.4 Å². The van der Waals surface area contributed by atoms with Gasteiger partial charge in [-0.1, -0.05) is 5.16 Å². The van der Waals surface area contributed by atoms with Crippen LogP contribution in [0.3, 0.4) is 0 Å². The first kappa shape index (κ1) is 39.8. The van der Waals surface area contributed by atoms with Gasteiger partial charge in [-0.3, -0.25) is 14.9 Å². The van der Waals surface area contributed by atoms with Gasteiger partial charge in [-0.15, -0.1) is 11.3 Å². The number of nitrogens with one attached hydrogen (secondary N) is 4. The molecule has 1 aromatic rings. The zero-order valence-corrected chi connectivity index (χ0v) is 31.0. The van der Waals surface area contributed by atoms with Crippen LogP contribution >= 0.6 is 11.3 Å². The summed E-state index contributed by atoms with van der Waals surface area (Å²) in [5, 5.41) is 15.7. The summed E-state index contributed by atoms with van der Waals surface area (Å²) in [7, 11) is 0. The molecule has 18 nitrogen and oxygen atoms in total. The number of amides is 5. The largest absolute Gasteiger partial charge is 0.457 e. The van der Waals surface area contributed by atoms with E-state index in [0.29, 0.717) is 0 Å². The molecule has 5 amide bonds. The topological polar surface area (TPSA) is 225 Å². The molecule has 0 bridgehead atoms. The maximum atomic E-state index is 13.7. The number of β-lactam (4-membered cyclic amide) rings is 1. The van der Waals surface area contributed by atoms with Gasteiger partial charge in [-0.25, -0.2) is 24.2 Å². The quantitative estimate of drug-likeness (QED) is 0.0850. The summed E-state index contributed by atoms with van der Waals surface area (Å²) in [6, 6.07) is -1.81. The number of esters is 1. The lowest BCUT2D eigenvalue weighted by Gasteiger charge is -2.38. The number of hydrogen-bond acceptors (Lipinski definition) is 14. The summed E-state index contributed by atoms with van der Waals surface area (Å²) in [5.41, 5.74) is -4.41. The third kappa shape index (κ3) is 12.0. The van der Waals surface area contributed by atoms with Crippen molar-refractivity contribution in [1.82, 2.24) is 25.8 Å². The van der Waals surface area contributed by atoms with Gasteiger partial charge in [-0.05, 0) is 76.2 Å². The number of rotatable bonds is 11. The molecule has 0 radical (unpaired) electrons. The minimum atomic E-state index is -1.65. The molecule has 0 aliphatic carbocycles. The van der Waals surface area contributed by atoms with Gasteiger partial charge in [0, 0.05) is 11.9 Å².